The number of aryl methyl sites for hydroxylation is 1. The normalized spacial score (nSPS) is 16.5. The maximum Gasteiger partial charge on any atom is 0.160 e. The Kier molecular flexibility index (Phi) is 3.99. The van der Waals surface area contributed by atoms with Gasteiger partial charge in [-0.05, 0) is 38.1 Å². The summed E-state index contributed by atoms with van der Waals surface area (Å²) in [5, 5.41) is 0. The predicted octanol–water partition coefficient (Wildman–Crippen LogP) is 2.31. The van der Waals surface area contributed by atoms with Gasteiger partial charge in [-0.2, -0.15) is 0 Å². The second kappa shape index (κ2) is 5.88. The van der Waals surface area contributed by atoms with E-state index < -0.39 is 0 Å². The van der Waals surface area contributed by atoms with Gasteiger partial charge in [0, 0.05) is 31.6 Å². The van der Waals surface area contributed by atoms with Gasteiger partial charge in [0.15, 0.2) is 5.65 Å². The van der Waals surface area contributed by atoms with E-state index in [1.165, 1.54) is 25.9 Å². The maximum absolute atomic E-state index is 5.88. The molecule has 0 unspecified atom stereocenters. The molecule has 0 atom stereocenters. The van der Waals surface area contributed by atoms with Crippen molar-refractivity contribution in [2.45, 2.75) is 25.8 Å². The van der Waals surface area contributed by atoms with E-state index >= 15 is 0 Å². The zero-order valence-electron chi connectivity index (χ0n) is 11.1. The van der Waals surface area contributed by atoms with Gasteiger partial charge in [0.1, 0.15) is 11.3 Å². The van der Waals surface area contributed by atoms with E-state index in [9.17, 15) is 0 Å². The van der Waals surface area contributed by atoms with Crippen molar-refractivity contribution in [3.8, 4) is 0 Å². The van der Waals surface area contributed by atoms with Crippen molar-refractivity contribution >= 4 is 22.8 Å². The van der Waals surface area contributed by atoms with Gasteiger partial charge in [-0.1, -0.05) is 0 Å². The Hall–Kier alpha value is -1.13. The SMILES string of the molecule is ClCCc1nc2cccnc2n1CCN1CCCC1. The van der Waals surface area contributed by atoms with Crippen LogP contribution in [-0.4, -0.2) is 44.9 Å². The molecule has 0 aromatic carbocycles. The summed E-state index contributed by atoms with van der Waals surface area (Å²) in [6.45, 7) is 4.49. The Morgan fingerprint density at radius 1 is 1.21 bits per heavy atom. The first-order chi connectivity index (χ1) is 9.38. The molecule has 0 amide bonds. The fraction of sp³-hybridized carbons (Fsp3) is 0.571. The summed E-state index contributed by atoms with van der Waals surface area (Å²) < 4.78 is 2.23. The van der Waals surface area contributed by atoms with Crippen LogP contribution in [0.2, 0.25) is 0 Å². The van der Waals surface area contributed by atoms with Crippen LogP contribution in [0.15, 0.2) is 18.3 Å². The lowest BCUT2D eigenvalue weighted by Crippen LogP contribution is -2.24. The third-order valence-corrected chi connectivity index (χ3v) is 3.93. The number of halogens is 1. The first kappa shape index (κ1) is 12.9. The summed E-state index contributed by atoms with van der Waals surface area (Å²) in [6.07, 6.45) is 5.30. The number of likely N-dealkylation sites (tertiary alicyclic amines) is 1. The highest BCUT2D eigenvalue weighted by Crippen LogP contribution is 2.15. The quantitative estimate of drug-likeness (QED) is 0.787. The number of nitrogens with zero attached hydrogens (tertiary/aromatic N) is 4. The molecule has 3 rings (SSSR count). The molecule has 2 aromatic rings. The van der Waals surface area contributed by atoms with Gasteiger partial charge in [0.05, 0.1) is 0 Å². The minimum atomic E-state index is 0.604. The predicted molar refractivity (Wildman–Crippen MR) is 77.6 cm³/mol. The van der Waals surface area contributed by atoms with E-state index in [0.717, 1.165) is 36.5 Å². The lowest BCUT2D eigenvalue weighted by Gasteiger charge is -2.16. The van der Waals surface area contributed by atoms with E-state index in [4.69, 9.17) is 11.6 Å². The molecule has 4 nitrogen and oxygen atoms in total. The summed E-state index contributed by atoms with van der Waals surface area (Å²) in [5.74, 6) is 1.66. The molecular formula is C14H19ClN4. The highest BCUT2D eigenvalue weighted by atomic mass is 35.5. The molecule has 0 radical (unpaired) electrons. The topological polar surface area (TPSA) is 34.0 Å². The van der Waals surface area contributed by atoms with Crippen LogP contribution in [0.5, 0.6) is 0 Å². The Bertz CT molecular complexity index is 545. The van der Waals surface area contributed by atoms with E-state index in [-0.39, 0.29) is 0 Å². The molecule has 1 aliphatic heterocycles. The smallest absolute Gasteiger partial charge is 0.160 e. The number of rotatable bonds is 5. The third kappa shape index (κ3) is 2.74. The Balaban J connectivity index is 1.84. The molecule has 102 valence electrons. The minimum absolute atomic E-state index is 0.604. The van der Waals surface area contributed by atoms with E-state index in [1.54, 1.807) is 0 Å². The van der Waals surface area contributed by atoms with Crippen LogP contribution in [0, 0.1) is 0 Å². The standard InChI is InChI=1S/C14H19ClN4/c15-6-5-13-17-12-4-3-7-16-14(12)19(13)11-10-18-8-1-2-9-18/h3-4,7H,1-2,5-6,8-11H2. The van der Waals surface area contributed by atoms with Crippen molar-refractivity contribution in [2.24, 2.45) is 0 Å². The molecule has 0 saturated carbocycles. The van der Waals surface area contributed by atoms with Gasteiger partial charge in [-0.15, -0.1) is 11.6 Å². The molecule has 0 spiro atoms. The molecule has 5 heteroatoms. The van der Waals surface area contributed by atoms with Gasteiger partial charge in [-0.3, -0.25) is 0 Å². The molecule has 0 N–H and O–H groups in total. The number of hydrogen-bond donors (Lipinski definition) is 0. The molecule has 19 heavy (non-hydrogen) atoms. The summed E-state index contributed by atoms with van der Waals surface area (Å²) in [4.78, 5) is 11.6. The largest absolute Gasteiger partial charge is 0.311 e. The lowest BCUT2D eigenvalue weighted by molar-refractivity contribution is 0.322. The van der Waals surface area contributed by atoms with Crippen molar-refractivity contribution in [1.29, 1.82) is 0 Å². The molecular weight excluding hydrogens is 260 g/mol. The molecule has 1 fully saturated rings. The van der Waals surface area contributed by atoms with Crippen LogP contribution in [0.3, 0.4) is 0 Å². The Morgan fingerprint density at radius 3 is 2.84 bits per heavy atom. The highest BCUT2D eigenvalue weighted by molar-refractivity contribution is 6.17. The average Bonchev–Trinajstić information content (AvgIpc) is 3.04. The highest BCUT2D eigenvalue weighted by Gasteiger charge is 2.14. The average molecular weight is 279 g/mol. The Labute approximate surface area is 118 Å². The summed E-state index contributed by atoms with van der Waals surface area (Å²) >= 11 is 5.88. The number of hydrogen-bond acceptors (Lipinski definition) is 3. The summed E-state index contributed by atoms with van der Waals surface area (Å²) in [7, 11) is 0. The zero-order valence-corrected chi connectivity index (χ0v) is 11.8. The fourth-order valence-electron chi connectivity index (χ4n) is 2.76. The molecule has 0 bridgehead atoms. The number of alkyl halides is 1. The van der Waals surface area contributed by atoms with Gasteiger partial charge in [-0.25, -0.2) is 9.97 Å². The fourth-order valence-corrected chi connectivity index (χ4v) is 2.93. The first-order valence-electron chi connectivity index (χ1n) is 6.97. The number of imidazole rings is 1. The van der Waals surface area contributed by atoms with Crippen molar-refractivity contribution in [3.05, 3.63) is 24.2 Å². The van der Waals surface area contributed by atoms with Gasteiger partial charge < -0.3 is 9.47 Å². The van der Waals surface area contributed by atoms with Crippen molar-refractivity contribution in [3.63, 3.8) is 0 Å². The molecule has 0 aliphatic carbocycles. The molecule has 3 heterocycles. The van der Waals surface area contributed by atoms with E-state index in [1.807, 2.05) is 18.3 Å². The van der Waals surface area contributed by atoms with Crippen LogP contribution in [0.1, 0.15) is 18.7 Å². The van der Waals surface area contributed by atoms with Gasteiger partial charge in [0.2, 0.25) is 0 Å². The number of aromatic nitrogens is 3. The van der Waals surface area contributed by atoms with Crippen LogP contribution in [0.25, 0.3) is 11.2 Å². The van der Waals surface area contributed by atoms with Crippen LogP contribution < -0.4 is 0 Å². The van der Waals surface area contributed by atoms with Gasteiger partial charge in [0.25, 0.3) is 0 Å². The minimum Gasteiger partial charge on any atom is -0.311 e. The molecule has 2 aromatic heterocycles. The van der Waals surface area contributed by atoms with Crippen molar-refractivity contribution in [2.75, 3.05) is 25.5 Å². The van der Waals surface area contributed by atoms with Crippen LogP contribution >= 0.6 is 11.6 Å². The monoisotopic (exact) mass is 278 g/mol. The zero-order chi connectivity index (χ0) is 13.1. The van der Waals surface area contributed by atoms with Crippen molar-refractivity contribution < 1.29 is 0 Å². The molecule has 1 saturated heterocycles. The van der Waals surface area contributed by atoms with E-state index in [2.05, 4.69) is 19.4 Å². The van der Waals surface area contributed by atoms with E-state index in [0.29, 0.717) is 5.88 Å². The van der Waals surface area contributed by atoms with Crippen LogP contribution in [-0.2, 0) is 13.0 Å². The third-order valence-electron chi connectivity index (χ3n) is 3.74. The second-order valence-corrected chi connectivity index (χ2v) is 5.39. The molecule has 1 aliphatic rings. The second-order valence-electron chi connectivity index (χ2n) is 5.01. The van der Waals surface area contributed by atoms with Crippen molar-refractivity contribution in [1.82, 2.24) is 19.4 Å². The summed E-state index contributed by atoms with van der Waals surface area (Å²) in [6, 6.07) is 3.96. The number of pyridine rings is 1. The lowest BCUT2D eigenvalue weighted by atomic mass is 10.4. The maximum atomic E-state index is 5.88. The van der Waals surface area contributed by atoms with Crippen LogP contribution in [0.4, 0.5) is 0 Å². The summed E-state index contributed by atoms with van der Waals surface area (Å²) in [5.41, 5.74) is 1.96. The first-order valence-corrected chi connectivity index (χ1v) is 7.50. The van der Waals surface area contributed by atoms with Gasteiger partial charge >= 0.3 is 0 Å². The number of fused-ring (bicyclic) bond motifs is 1. The Morgan fingerprint density at radius 2 is 2.05 bits per heavy atom.